The lowest BCUT2D eigenvalue weighted by molar-refractivity contribution is -0.474. The first-order chi connectivity index (χ1) is 9.38. The molecule has 0 N–H and O–H groups in total. The van der Waals surface area contributed by atoms with Crippen molar-refractivity contribution in [3.8, 4) is 0 Å². The second-order valence-corrected chi connectivity index (χ2v) is 5.31. The minimum absolute atomic E-state index is 0.367. The standard InChI is InChI=1S/C15H30O4/c1-3-5-12-16-18-15(19-17-13-6-4-2)14-10-8-7-9-11-14/h14-15H,3-13H2,1-2H3. The van der Waals surface area contributed by atoms with E-state index in [1.54, 1.807) is 0 Å². The van der Waals surface area contributed by atoms with Gasteiger partial charge in [-0.15, -0.1) is 0 Å². The first-order valence-corrected chi connectivity index (χ1v) is 7.95. The topological polar surface area (TPSA) is 36.9 Å². The molecule has 1 aliphatic rings. The van der Waals surface area contributed by atoms with Gasteiger partial charge in [-0.2, -0.15) is 0 Å². The van der Waals surface area contributed by atoms with Gasteiger partial charge >= 0.3 is 0 Å². The van der Waals surface area contributed by atoms with Crippen LogP contribution >= 0.6 is 0 Å². The van der Waals surface area contributed by atoms with Gasteiger partial charge in [0.2, 0.25) is 6.29 Å². The largest absolute Gasteiger partial charge is 0.234 e. The molecule has 19 heavy (non-hydrogen) atoms. The van der Waals surface area contributed by atoms with Crippen LogP contribution in [0.4, 0.5) is 0 Å². The van der Waals surface area contributed by atoms with E-state index in [0.717, 1.165) is 38.5 Å². The average Bonchev–Trinajstić information content (AvgIpc) is 2.46. The lowest BCUT2D eigenvalue weighted by Gasteiger charge is -2.27. The van der Waals surface area contributed by atoms with Crippen LogP contribution in [0.25, 0.3) is 0 Å². The van der Waals surface area contributed by atoms with Gasteiger partial charge in [-0.1, -0.05) is 46.0 Å². The second kappa shape index (κ2) is 11.6. The minimum atomic E-state index is -0.367. The van der Waals surface area contributed by atoms with Crippen molar-refractivity contribution in [2.24, 2.45) is 5.92 Å². The van der Waals surface area contributed by atoms with Crippen molar-refractivity contribution in [3.05, 3.63) is 0 Å². The fourth-order valence-corrected chi connectivity index (χ4v) is 2.22. The molecule has 0 unspecified atom stereocenters. The Morgan fingerprint density at radius 3 is 1.84 bits per heavy atom. The van der Waals surface area contributed by atoms with Crippen molar-refractivity contribution in [2.75, 3.05) is 13.2 Å². The van der Waals surface area contributed by atoms with E-state index >= 15 is 0 Å². The van der Waals surface area contributed by atoms with Gasteiger partial charge in [-0.25, -0.2) is 19.6 Å². The molecule has 4 heteroatoms. The van der Waals surface area contributed by atoms with E-state index < -0.39 is 0 Å². The van der Waals surface area contributed by atoms with Crippen LogP contribution in [0.1, 0.15) is 71.6 Å². The summed E-state index contributed by atoms with van der Waals surface area (Å²) in [4.78, 5) is 21.3. The van der Waals surface area contributed by atoms with Crippen LogP contribution in [-0.2, 0) is 19.6 Å². The monoisotopic (exact) mass is 274 g/mol. The molecule has 114 valence electrons. The second-order valence-electron chi connectivity index (χ2n) is 5.31. The molecule has 4 nitrogen and oxygen atoms in total. The van der Waals surface area contributed by atoms with Crippen LogP contribution in [0.15, 0.2) is 0 Å². The predicted molar refractivity (Wildman–Crippen MR) is 74.3 cm³/mol. The van der Waals surface area contributed by atoms with Crippen LogP contribution in [0.3, 0.4) is 0 Å². The van der Waals surface area contributed by atoms with Gasteiger partial charge < -0.3 is 0 Å². The Morgan fingerprint density at radius 2 is 1.37 bits per heavy atom. The van der Waals surface area contributed by atoms with Crippen LogP contribution in [0.5, 0.6) is 0 Å². The van der Waals surface area contributed by atoms with Crippen LogP contribution in [-0.4, -0.2) is 19.5 Å². The van der Waals surface area contributed by atoms with Gasteiger partial charge in [0.1, 0.15) is 0 Å². The van der Waals surface area contributed by atoms with Crippen molar-refractivity contribution < 1.29 is 19.6 Å². The third kappa shape index (κ3) is 7.88. The Hall–Kier alpha value is -0.160. The molecule has 1 fully saturated rings. The zero-order chi connectivity index (χ0) is 13.8. The van der Waals surface area contributed by atoms with Gasteiger partial charge in [-0.3, -0.25) is 0 Å². The molecule has 0 radical (unpaired) electrons. The highest BCUT2D eigenvalue weighted by atomic mass is 17.3. The molecule has 0 atom stereocenters. The van der Waals surface area contributed by atoms with Crippen molar-refractivity contribution in [1.29, 1.82) is 0 Å². The van der Waals surface area contributed by atoms with Gasteiger partial charge in [0.05, 0.1) is 13.2 Å². The fourth-order valence-electron chi connectivity index (χ4n) is 2.22. The highest BCUT2D eigenvalue weighted by Crippen LogP contribution is 2.28. The summed E-state index contributed by atoms with van der Waals surface area (Å²) in [5.41, 5.74) is 0. The first kappa shape index (κ1) is 16.9. The normalized spacial score (nSPS) is 17.2. The Kier molecular flexibility index (Phi) is 10.4. The number of hydrogen-bond donors (Lipinski definition) is 0. The first-order valence-electron chi connectivity index (χ1n) is 7.95. The molecule has 0 heterocycles. The fraction of sp³-hybridized carbons (Fsp3) is 1.00. The summed E-state index contributed by atoms with van der Waals surface area (Å²) >= 11 is 0. The summed E-state index contributed by atoms with van der Waals surface area (Å²) in [6, 6.07) is 0. The molecule has 0 aliphatic heterocycles. The Morgan fingerprint density at radius 1 is 0.842 bits per heavy atom. The quantitative estimate of drug-likeness (QED) is 0.242. The number of hydrogen-bond acceptors (Lipinski definition) is 4. The van der Waals surface area contributed by atoms with Crippen molar-refractivity contribution >= 4 is 0 Å². The smallest absolute Gasteiger partial charge is 0.227 e. The van der Waals surface area contributed by atoms with E-state index in [1.165, 1.54) is 19.3 Å². The SMILES string of the molecule is CCCCOOC(OOCCCC)C1CCCCC1. The molecule has 0 aromatic heterocycles. The molecular formula is C15H30O4. The molecule has 0 spiro atoms. The average molecular weight is 274 g/mol. The van der Waals surface area contributed by atoms with Crippen molar-refractivity contribution in [1.82, 2.24) is 0 Å². The van der Waals surface area contributed by atoms with Crippen molar-refractivity contribution in [3.63, 3.8) is 0 Å². The van der Waals surface area contributed by atoms with Gasteiger partial charge in [0.25, 0.3) is 0 Å². The van der Waals surface area contributed by atoms with E-state index in [2.05, 4.69) is 13.8 Å². The summed E-state index contributed by atoms with van der Waals surface area (Å²) in [6.07, 6.45) is 9.94. The highest BCUT2D eigenvalue weighted by Gasteiger charge is 2.27. The minimum Gasteiger partial charge on any atom is -0.234 e. The lowest BCUT2D eigenvalue weighted by Crippen LogP contribution is -2.29. The van der Waals surface area contributed by atoms with E-state index in [-0.39, 0.29) is 6.29 Å². The molecule has 0 amide bonds. The Balaban J connectivity index is 2.24. The summed E-state index contributed by atoms with van der Waals surface area (Å²) in [5, 5.41) is 0. The molecule has 1 aliphatic carbocycles. The Bertz CT molecular complexity index is 181. The maximum absolute atomic E-state index is 5.42. The molecule has 0 aromatic rings. The van der Waals surface area contributed by atoms with Gasteiger partial charge in [0.15, 0.2) is 0 Å². The zero-order valence-corrected chi connectivity index (χ0v) is 12.6. The third-order valence-electron chi connectivity index (χ3n) is 3.52. The maximum atomic E-state index is 5.42. The molecule has 1 rings (SSSR count). The summed E-state index contributed by atoms with van der Waals surface area (Å²) < 4.78 is 0. The van der Waals surface area contributed by atoms with Crippen molar-refractivity contribution in [2.45, 2.75) is 77.9 Å². The molecule has 0 aromatic carbocycles. The molecule has 1 saturated carbocycles. The summed E-state index contributed by atoms with van der Waals surface area (Å²) in [7, 11) is 0. The molecular weight excluding hydrogens is 244 g/mol. The van der Waals surface area contributed by atoms with E-state index in [4.69, 9.17) is 19.6 Å². The third-order valence-corrected chi connectivity index (χ3v) is 3.52. The van der Waals surface area contributed by atoms with E-state index in [0.29, 0.717) is 19.1 Å². The maximum Gasteiger partial charge on any atom is 0.227 e. The van der Waals surface area contributed by atoms with Gasteiger partial charge in [-0.05, 0) is 25.7 Å². The van der Waals surface area contributed by atoms with Crippen LogP contribution in [0, 0.1) is 5.92 Å². The molecule has 0 saturated heterocycles. The van der Waals surface area contributed by atoms with Crippen LogP contribution < -0.4 is 0 Å². The summed E-state index contributed by atoms with van der Waals surface area (Å²) in [5.74, 6) is 0.400. The highest BCUT2D eigenvalue weighted by molar-refractivity contribution is 4.67. The number of rotatable bonds is 11. The molecule has 0 bridgehead atoms. The van der Waals surface area contributed by atoms with Crippen LogP contribution in [0.2, 0.25) is 0 Å². The Labute approximate surface area is 117 Å². The summed E-state index contributed by atoms with van der Waals surface area (Å²) in [6.45, 7) is 5.51. The zero-order valence-electron chi connectivity index (χ0n) is 12.6. The number of unbranched alkanes of at least 4 members (excludes halogenated alkanes) is 2. The van der Waals surface area contributed by atoms with E-state index in [9.17, 15) is 0 Å². The predicted octanol–water partition coefficient (Wildman–Crippen LogP) is 4.39. The lowest BCUT2D eigenvalue weighted by atomic mass is 9.89. The van der Waals surface area contributed by atoms with Gasteiger partial charge in [0, 0.05) is 5.92 Å². The van der Waals surface area contributed by atoms with E-state index in [1.807, 2.05) is 0 Å².